The molecule has 114 valence electrons. The summed E-state index contributed by atoms with van der Waals surface area (Å²) in [5.41, 5.74) is 1.20. The fourth-order valence-electron chi connectivity index (χ4n) is 3.30. The van der Waals surface area contributed by atoms with E-state index >= 15 is 0 Å². The molecule has 0 atom stereocenters. The number of hydrogen-bond donors (Lipinski definition) is 0. The molecular weight excluding hydrogens is 258 g/mol. The smallest absolute Gasteiger partial charge is 0.127 e. The fourth-order valence-corrected chi connectivity index (χ4v) is 3.30. The summed E-state index contributed by atoms with van der Waals surface area (Å²) in [6.07, 6.45) is 11.3. The zero-order chi connectivity index (χ0) is 15.0. The van der Waals surface area contributed by atoms with E-state index in [0.717, 1.165) is 32.5 Å². The van der Waals surface area contributed by atoms with Gasteiger partial charge in [0.2, 0.25) is 0 Å². The summed E-state index contributed by atoms with van der Waals surface area (Å²) in [4.78, 5) is 14.1. The van der Waals surface area contributed by atoms with E-state index in [2.05, 4.69) is 48.2 Å². The highest BCUT2D eigenvalue weighted by atomic mass is 16.1. The third-order valence-electron chi connectivity index (χ3n) is 4.49. The molecule has 2 nitrogen and oxygen atoms in total. The molecule has 0 amide bonds. The Morgan fingerprint density at radius 1 is 1.14 bits per heavy atom. The maximum Gasteiger partial charge on any atom is 0.127 e. The minimum absolute atomic E-state index is 0.116. The van der Waals surface area contributed by atoms with Crippen molar-refractivity contribution in [2.45, 2.75) is 45.6 Å². The van der Waals surface area contributed by atoms with Crippen molar-refractivity contribution < 1.29 is 4.79 Å². The molecular formula is C19H27NO. The van der Waals surface area contributed by atoms with Crippen molar-refractivity contribution in [2.75, 3.05) is 13.1 Å². The number of hydrogen-bond acceptors (Lipinski definition) is 2. The average Bonchev–Trinajstić information content (AvgIpc) is 2.54. The molecule has 0 radical (unpaired) electrons. The van der Waals surface area contributed by atoms with Crippen LogP contribution in [-0.4, -0.2) is 24.3 Å². The summed E-state index contributed by atoms with van der Waals surface area (Å²) in [7, 11) is 0. The first-order valence-corrected chi connectivity index (χ1v) is 8.12. The molecule has 0 unspecified atom stereocenters. The van der Waals surface area contributed by atoms with Gasteiger partial charge in [-0.15, -0.1) is 0 Å². The number of carbonyl (C=O) groups excluding carboxylic acids is 1. The van der Waals surface area contributed by atoms with Crippen LogP contribution in [0.4, 0.5) is 0 Å². The minimum Gasteiger partial charge on any atom is -0.303 e. The first-order chi connectivity index (χ1) is 10.3. The Bertz CT molecular complexity index is 446. The summed E-state index contributed by atoms with van der Waals surface area (Å²) in [5.74, 6) is 0. The molecule has 2 rings (SSSR count). The number of nitrogens with zero attached hydrogens (tertiary/aromatic N) is 1. The molecule has 0 aromatic heterocycles. The van der Waals surface area contributed by atoms with Crippen LogP contribution in [0.5, 0.6) is 0 Å². The zero-order valence-electron chi connectivity index (χ0n) is 13.1. The molecule has 1 saturated carbocycles. The van der Waals surface area contributed by atoms with Gasteiger partial charge in [-0.2, -0.15) is 0 Å². The topological polar surface area (TPSA) is 20.3 Å². The van der Waals surface area contributed by atoms with Gasteiger partial charge in [0.1, 0.15) is 6.29 Å². The zero-order valence-corrected chi connectivity index (χ0v) is 13.1. The van der Waals surface area contributed by atoms with Crippen molar-refractivity contribution >= 4 is 6.29 Å². The van der Waals surface area contributed by atoms with E-state index in [0.29, 0.717) is 0 Å². The number of carbonyl (C=O) groups is 1. The van der Waals surface area contributed by atoms with Gasteiger partial charge >= 0.3 is 0 Å². The Morgan fingerprint density at radius 3 is 2.48 bits per heavy atom. The summed E-state index contributed by atoms with van der Waals surface area (Å²) in [6, 6.07) is 10.5. The molecule has 0 heterocycles. The third kappa shape index (κ3) is 4.82. The Morgan fingerprint density at radius 2 is 1.86 bits per heavy atom. The molecule has 0 spiro atoms. The highest BCUT2D eigenvalue weighted by Crippen LogP contribution is 2.35. The SMILES string of the molecule is C/C=C/CN(Cc1ccccc1)CC1(C=O)CCCCC1. The van der Waals surface area contributed by atoms with E-state index in [4.69, 9.17) is 0 Å². The van der Waals surface area contributed by atoms with Crippen LogP contribution in [0, 0.1) is 5.41 Å². The maximum absolute atomic E-state index is 11.7. The van der Waals surface area contributed by atoms with Crippen LogP contribution < -0.4 is 0 Å². The van der Waals surface area contributed by atoms with Gasteiger partial charge in [-0.1, -0.05) is 61.7 Å². The van der Waals surface area contributed by atoms with E-state index in [1.807, 2.05) is 6.07 Å². The molecule has 1 fully saturated rings. The number of rotatable bonds is 7. The second-order valence-electron chi connectivity index (χ2n) is 6.27. The quantitative estimate of drug-likeness (QED) is 0.552. The monoisotopic (exact) mass is 285 g/mol. The van der Waals surface area contributed by atoms with E-state index in [9.17, 15) is 4.79 Å². The minimum atomic E-state index is -0.116. The lowest BCUT2D eigenvalue weighted by molar-refractivity contribution is -0.119. The second-order valence-corrected chi connectivity index (χ2v) is 6.27. The lowest BCUT2D eigenvalue weighted by atomic mass is 9.75. The Kier molecular flexibility index (Phi) is 6.19. The summed E-state index contributed by atoms with van der Waals surface area (Å²) >= 11 is 0. The molecule has 21 heavy (non-hydrogen) atoms. The highest BCUT2D eigenvalue weighted by molar-refractivity contribution is 5.60. The number of allylic oxidation sites excluding steroid dienone is 1. The molecule has 0 saturated heterocycles. The Labute approximate surface area is 128 Å². The first-order valence-electron chi connectivity index (χ1n) is 8.12. The van der Waals surface area contributed by atoms with Crippen molar-refractivity contribution in [3.8, 4) is 0 Å². The van der Waals surface area contributed by atoms with Gasteiger partial charge in [0.15, 0.2) is 0 Å². The predicted octanol–water partition coefficient (Wildman–Crippen LogP) is 4.21. The molecule has 1 aliphatic carbocycles. The molecule has 2 heteroatoms. The normalized spacial score (nSPS) is 18.2. The fraction of sp³-hybridized carbons (Fsp3) is 0.526. The summed E-state index contributed by atoms with van der Waals surface area (Å²) < 4.78 is 0. The van der Waals surface area contributed by atoms with Gasteiger partial charge in [-0.3, -0.25) is 4.90 Å². The van der Waals surface area contributed by atoms with E-state index in [1.54, 1.807) is 0 Å². The van der Waals surface area contributed by atoms with E-state index in [1.165, 1.54) is 31.1 Å². The van der Waals surface area contributed by atoms with Crippen molar-refractivity contribution in [1.29, 1.82) is 0 Å². The maximum atomic E-state index is 11.7. The van der Waals surface area contributed by atoms with Gasteiger partial charge < -0.3 is 4.79 Å². The van der Waals surface area contributed by atoms with Gasteiger partial charge in [0.25, 0.3) is 0 Å². The summed E-state index contributed by atoms with van der Waals surface area (Å²) in [5, 5.41) is 0. The number of aldehydes is 1. The van der Waals surface area contributed by atoms with Crippen molar-refractivity contribution in [2.24, 2.45) is 5.41 Å². The van der Waals surface area contributed by atoms with Gasteiger partial charge in [-0.25, -0.2) is 0 Å². The molecule has 0 bridgehead atoms. The van der Waals surface area contributed by atoms with Gasteiger partial charge in [0.05, 0.1) is 0 Å². The lowest BCUT2D eigenvalue weighted by Crippen LogP contribution is -2.40. The Hall–Kier alpha value is -1.41. The molecule has 1 aliphatic rings. The molecule has 0 N–H and O–H groups in total. The van der Waals surface area contributed by atoms with Crippen LogP contribution in [0.2, 0.25) is 0 Å². The van der Waals surface area contributed by atoms with Crippen LogP contribution >= 0.6 is 0 Å². The van der Waals surface area contributed by atoms with Crippen molar-refractivity contribution in [3.05, 3.63) is 48.0 Å². The van der Waals surface area contributed by atoms with Crippen LogP contribution in [0.15, 0.2) is 42.5 Å². The van der Waals surface area contributed by atoms with Crippen LogP contribution in [0.1, 0.15) is 44.6 Å². The predicted molar refractivity (Wildman–Crippen MR) is 88.1 cm³/mol. The molecule has 1 aromatic rings. The first kappa shape index (κ1) is 16.0. The molecule has 0 aliphatic heterocycles. The van der Waals surface area contributed by atoms with Gasteiger partial charge in [-0.05, 0) is 25.3 Å². The van der Waals surface area contributed by atoms with Crippen molar-refractivity contribution in [1.82, 2.24) is 4.90 Å². The van der Waals surface area contributed by atoms with Gasteiger partial charge in [0, 0.05) is 25.0 Å². The van der Waals surface area contributed by atoms with Crippen LogP contribution in [0.25, 0.3) is 0 Å². The highest BCUT2D eigenvalue weighted by Gasteiger charge is 2.33. The standard InChI is InChI=1S/C19H27NO/c1-2-3-14-20(15-18-10-6-4-7-11-18)16-19(17-21)12-8-5-9-13-19/h2-4,6-7,10-11,17H,5,8-9,12-16H2,1H3/b3-2+. The van der Waals surface area contributed by atoms with E-state index < -0.39 is 0 Å². The molecule has 1 aromatic carbocycles. The van der Waals surface area contributed by atoms with Crippen LogP contribution in [-0.2, 0) is 11.3 Å². The summed E-state index contributed by atoms with van der Waals surface area (Å²) in [6.45, 7) is 4.77. The van der Waals surface area contributed by atoms with Crippen LogP contribution in [0.3, 0.4) is 0 Å². The largest absolute Gasteiger partial charge is 0.303 e. The number of benzene rings is 1. The third-order valence-corrected chi connectivity index (χ3v) is 4.49. The average molecular weight is 285 g/mol. The van der Waals surface area contributed by atoms with Crippen molar-refractivity contribution in [3.63, 3.8) is 0 Å². The van der Waals surface area contributed by atoms with E-state index in [-0.39, 0.29) is 5.41 Å². The second kappa shape index (κ2) is 8.14. The Balaban J connectivity index is 2.06. The lowest BCUT2D eigenvalue weighted by Gasteiger charge is -2.36.